The van der Waals surface area contributed by atoms with Gasteiger partial charge in [0, 0.05) is 16.0 Å². The van der Waals surface area contributed by atoms with Crippen LogP contribution < -0.4 is 5.32 Å². The summed E-state index contributed by atoms with van der Waals surface area (Å²) in [5.41, 5.74) is 1.89. The summed E-state index contributed by atoms with van der Waals surface area (Å²) in [7, 11) is 4.92. The van der Waals surface area contributed by atoms with Crippen molar-refractivity contribution < 1.29 is 14.3 Å². The molecule has 7 heteroatoms. The van der Waals surface area contributed by atoms with Gasteiger partial charge in [-0.1, -0.05) is 23.7 Å². The van der Waals surface area contributed by atoms with E-state index in [1.54, 1.807) is 31.1 Å². The van der Waals surface area contributed by atoms with Crippen molar-refractivity contribution in [1.82, 2.24) is 4.90 Å². The molecule has 0 atom stereocenters. The van der Waals surface area contributed by atoms with Crippen molar-refractivity contribution in [3.63, 3.8) is 0 Å². The van der Waals surface area contributed by atoms with E-state index in [2.05, 4.69) is 5.32 Å². The van der Waals surface area contributed by atoms with Gasteiger partial charge in [0.2, 0.25) is 5.91 Å². The number of thiophene rings is 1. The Morgan fingerprint density at radius 3 is 2.48 bits per heavy atom. The van der Waals surface area contributed by atoms with Crippen LogP contribution in [-0.2, 0) is 9.53 Å². The van der Waals surface area contributed by atoms with Crippen LogP contribution in [0, 0.1) is 0 Å². The average Bonchev–Trinajstić information content (AvgIpc) is 2.89. The second-order valence-electron chi connectivity index (χ2n) is 5.14. The second-order valence-corrected chi connectivity index (χ2v) is 6.45. The first-order chi connectivity index (χ1) is 10.9. The van der Waals surface area contributed by atoms with Gasteiger partial charge >= 0.3 is 5.97 Å². The number of benzene rings is 1. The molecule has 0 unspecified atom stereocenters. The molecular weight excluding hydrogens is 336 g/mol. The minimum absolute atomic E-state index is 0.190. The van der Waals surface area contributed by atoms with Gasteiger partial charge in [-0.3, -0.25) is 4.79 Å². The van der Waals surface area contributed by atoms with E-state index >= 15 is 0 Å². The second kappa shape index (κ2) is 7.59. The molecule has 0 aliphatic rings. The van der Waals surface area contributed by atoms with Gasteiger partial charge in [-0.15, -0.1) is 11.3 Å². The van der Waals surface area contributed by atoms with Crippen molar-refractivity contribution in [2.75, 3.05) is 33.1 Å². The molecule has 1 N–H and O–H groups in total. The van der Waals surface area contributed by atoms with Gasteiger partial charge in [0.25, 0.3) is 0 Å². The minimum Gasteiger partial charge on any atom is -0.465 e. The van der Waals surface area contributed by atoms with Crippen molar-refractivity contribution >= 4 is 39.8 Å². The molecule has 1 amide bonds. The van der Waals surface area contributed by atoms with Crippen molar-refractivity contribution in [2.45, 2.75) is 0 Å². The molecule has 1 aromatic heterocycles. The van der Waals surface area contributed by atoms with Gasteiger partial charge in [0.1, 0.15) is 10.6 Å². The predicted octanol–water partition coefficient (Wildman–Crippen LogP) is 3.36. The van der Waals surface area contributed by atoms with Crippen LogP contribution in [0.3, 0.4) is 0 Å². The highest BCUT2D eigenvalue weighted by molar-refractivity contribution is 7.15. The molecule has 0 fully saturated rings. The molecule has 122 valence electrons. The number of hydrogen-bond acceptors (Lipinski definition) is 5. The minimum atomic E-state index is -0.489. The normalized spacial score (nSPS) is 10.7. The molecule has 2 aromatic rings. The predicted molar refractivity (Wildman–Crippen MR) is 93.3 cm³/mol. The van der Waals surface area contributed by atoms with Crippen molar-refractivity contribution in [3.8, 4) is 11.1 Å². The van der Waals surface area contributed by atoms with E-state index in [1.807, 2.05) is 17.5 Å². The highest BCUT2D eigenvalue weighted by Crippen LogP contribution is 2.36. The fourth-order valence-electron chi connectivity index (χ4n) is 2.05. The van der Waals surface area contributed by atoms with Crippen LogP contribution in [0.15, 0.2) is 29.6 Å². The number of carbonyl (C=O) groups excluding carboxylic acids is 2. The van der Waals surface area contributed by atoms with E-state index in [9.17, 15) is 9.59 Å². The largest absolute Gasteiger partial charge is 0.465 e. The highest BCUT2D eigenvalue weighted by Gasteiger charge is 2.22. The number of anilines is 1. The maximum atomic E-state index is 12.2. The van der Waals surface area contributed by atoms with Crippen LogP contribution in [0.5, 0.6) is 0 Å². The molecule has 0 aliphatic heterocycles. The first-order valence-corrected chi connectivity index (χ1v) is 8.08. The maximum absolute atomic E-state index is 12.2. The average molecular weight is 353 g/mol. The number of amides is 1. The molecule has 0 radical (unpaired) electrons. The zero-order chi connectivity index (χ0) is 17.0. The van der Waals surface area contributed by atoms with Crippen LogP contribution in [0.25, 0.3) is 11.1 Å². The smallest absolute Gasteiger partial charge is 0.341 e. The lowest BCUT2D eigenvalue weighted by molar-refractivity contribution is -0.116. The van der Waals surface area contributed by atoms with Crippen LogP contribution in [-0.4, -0.2) is 44.5 Å². The summed E-state index contributed by atoms with van der Waals surface area (Å²) in [5.74, 6) is -0.680. The molecule has 5 nitrogen and oxygen atoms in total. The number of halogens is 1. The Hall–Kier alpha value is -1.89. The van der Waals surface area contributed by atoms with Gasteiger partial charge in [-0.25, -0.2) is 4.79 Å². The number of carbonyl (C=O) groups is 2. The van der Waals surface area contributed by atoms with Crippen molar-refractivity contribution in [3.05, 3.63) is 40.2 Å². The molecule has 0 aliphatic carbocycles. The molecule has 23 heavy (non-hydrogen) atoms. The monoisotopic (exact) mass is 352 g/mol. The van der Waals surface area contributed by atoms with Gasteiger partial charge in [-0.05, 0) is 31.8 Å². The molecule has 0 bridgehead atoms. The molecule has 1 aromatic carbocycles. The Kier molecular flexibility index (Phi) is 5.76. The number of rotatable bonds is 5. The van der Waals surface area contributed by atoms with E-state index in [1.165, 1.54) is 18.4 Å². The van der Waals surface area contributed by atoms with Crippen LogP contribution in [0.4, 0.5) is 5.00 Å². The molecule has 1 heterocycles. The number of methoxy groups -OCH3 is 1. The summed E-state index contributed by atoms with van der Waals surface area (Å²) in [6.07, 6.45) is 0. The third-order valence-corrected chi connectivity index (χ3v) is 4.20. The summed E-state index contributed by atoms with van der Waals surface area (Å²) in [6.45, 7) is 0.231. The number of esters is 1. The third-order valence-electron chi connectivity index (χ3n) is 3.05. The Balaban J connectivity index is 2.39. The number of likely N-dealkylation sites (N-methyl/N-ethyl adjacent to an activating group) is 1. The highest BCUT2D eigenvalue weighted by atomic mass is 35.5. The van der Waals surface area contributed by atoms with Crippen molar-refractivity contribution in [2.24, 2.45) is 0 Å². The molecule has 0 spiro atoms. The zero-order valence-corrected chi connectivity index (χ0v) is 14.6. The first-order valence-electron chi connectivity index (χ1n) is 6.82. The number of nitrogens with one attached hydrogen (secondary N) is 1. The lowest BCUT2D eigenvalue weighted by Gasteiger charge is -2.10. The van der Waals surface area contributed by atoms with Gasteiger partial charge in [0.05, 0.1) is 13.7 Å². The van der Waals surface area contributed by atoms with Gasteiger partial charge < -0.3 is 15.0 Å². The SMILES string of the molecule is COC(=O)c1c(-c2ccc(Cl)cc2)csc1NC(=O)CN(C)C. The van der Waals surface area contributed by atoms with E-state index in [-0.39, 0.29) is 12.5 Å². The third kappa shape index (κ3) is 4.31. The molecular formula is C16H17ClN2O3S. The summed E-state index contributed by atoms with van der Waals surface area (Å²) >= 11 is 7.19. The molecule has 2 rings (SSSR count). The maximum Gasteiger partial charge on any atom is 0.341 e. The van der Waals surface area contributed by atoms with Crippen LogP contribution >= 0.6 is 22.9 Å². The van der Waals surface area contributed by atoms with E-state index < -0.39 is 5.97 Å². The van der Waals surface area contributed by atoms with Gasteiger partial charge in [-0.2, -0.15) is 0 Å². The van der Waals surface area contributed by atoms with Crippen LogP contribution in [0.2, 0.25) is 5.02 Å². The summed E-state index contributed by atoms with van der Waals surface area (Å²) < 4.78 is 4.86. The lowest BCUT2D eigenvalue weighted by atomic mass is 10.0. The Labute approximate surface area is 143 Å². The van der Waals surface area contributed by atoms with Crippen LogP contribution in [0.1, 0.15) is 10.4 Å². The Bertz CT molecular complexity index is 711. The number of hydrogen-bond donors (Lipinski definition) is 1. The van der Waals surface area contributed by atoms with E-state index in [4.69, 9.17) is 16.3 Å². The first kappa shape index (κ1) is 17.5. The summed E-state index contributed by atoms with van der Waals surface area (Å²) in [5, 5.41) is 5.68. The standard InChI is InChI=1S/C16H17ClN2O3S/c1-19(2)8-13(20)18-15-14(16(21)22-3)12(9-23-15)10-4-6-11(17)7-5-10/h4-7,9H,8H2,1-3H3,(H,18,20). The number of ether oxygens (including phenoxy) is 1. The summed E-state index contributed by atoms with van der Waals surface area (Å²) in [6, 6.07) is 7.14. The quantitative estimate of drug-likeness (QED) is 0.838. The summed E-state index contributed by atoms with van der Waals surface area (Å²) in [4.78, 5) is 25.9. The van der Waals surface area contributed by atoms with E-state index in [0.29, 0.717) is 21.2 Å². The molecule has 0 saturated carbocycles. The van der Waals surface area contributed by atoms with Crippen molar-refractivity contribution in [1.29, 1.82) is 0 Å². The Morgan fingerprint density at radius 2 is 1.91 bits per heavy atom. The topological polar surface area (TPSA) is 58.6 Å². The number of nitrogens with zero attached hydrogens (tertiary/aromatic N) is 1. The zero-order valence-electron chi connectivity index (χ0n) is 13.1. The van der Waals surface area contributed by atoms with Gasteiger partial charge in [0.15, 0.2) is 0 Å². The fourth-order valence-corrected chi connectivity index (χ4v) is 3.15. The lowest BCUT2D eigenvalue weighted by Crippen LogP contribution is -2.27. The molecule has 0 saturated heterocycles. The Morgan fingerprint density at radius 1 is 1.26 bits per heavy atom. The van der Waals surface area contributed by atoms with E-state index in [0.717, 1.165) is 5.56 Å². The fraction of sp³-hybridized carbons (Fsp3) is 0.250.